The Labute approximate surface area is 190 Å². The first-order valence-electron chi connectivity index (χ1n) is 10.5. The number of aryl methyl sites for hydroxylation is 1. The van der Waals surface area contributed by atoms with Crippen LogP contribution in [0.3, 0.4) is 0 Å². The van der Waals surface area contributed by atoms with Crippen LogP contribution in [-0.4, -0.2) is 43.9 Å². The maximum atomic E-state index is 12.5. The van der Waals surface area contributed by atoms with Crippen molar-refractivity contribution in [2.24, 2.45) is 11.8 Å². The highest BCUT2D eigenvalue weighted by atomic mass is 35.5. The van der Waals surface area contributed by atoms with E-state index in [-0.39, 0.29) is 36.0 Å². The van der Waals surface area contributed by atoms with E-state index < -0.39 is 0 Å². The molecule has 3 heterocycles. The van der Waals surface area contributed by atoms with Crippen molar-refractivity contribution in [3.63, 3.8) is 0 Å². The van der Waals surface area contributed by atoms with Crippen molar-refractivity contribution in [1.82, 2.24) is 5.32 Å². The van der Waals surface area contributed by atoms with E-state index in [0.29, 0.717) is 35.3 Å². The first-order valence-corrected chi connectivity index (χ1v) is 11.7. The number of carbonyl (C=O) groups is 3. The van der Waals surface area contributed by atoms with Gasteiger partial charge in [0.15, 0.2) is 5.78 Å². The van der Waals surface area contributed by atoms with Crippen molar-refractivity contribution in [3.8, 4) is 0 Å². The molecule has 0 saturated carbocycles. The second-order valence-corrected chi connectivity index (χ2v) is 9.81. The predicted octanol–water partition coefficient (Wildman–Crippen LogP) is 3.72. The molecule has 2 aliphatic heterocycles. The van der Waals surface area contributed by atoms with Crippen LogP contribution >= 0.6 is 22.9 Å². The largest absolute Gasteiger partial charge is 0.374 e. The number of benzene rings is 1. The summed E-state index contributed by atoms with van der Waals surface area (Å²) >= 11 is 7.12. The van der Waals surface area contributed by atoms with E-state index in [9.17, 15) is 14.4 Å². The Bertz CT molecular complexity index is 959. The number of thiophene rings is 1. The number of halogens is 1. The summed E-state index contributed by atoms with van der Waals surface area (Å²) in [5.74, 6) is 0.279. The van der Waals surface area contributed by atoms with Gasteiger partial charge in [0, 0.05) is 43.6 Å². The highest BCUT2D eigenvalue weighted by Crippen LogP contribution is 2.27. The molecule has 0 bridgehead atoms. The van der Waals surface area contributed by atoms with Gasteiger partial charge in [0.2, 0.25) is 5.91 Å². The summed E-state index contributed by atoms with van der Waals surface area (Å²) in [5, 5.41) is 2.90. The van der Waals surface area contributed by atoms with Crippen LogP contribution in [0.1, 0.15) is 34.5 Å². The molecule has 0 spiro atoms. The topological polar surface area (TPSA) is 75.7 Å². The van der Waals surface area contributed by atoms with E-state index in [1.807, 2.05) is 24.3 Å². The van der Waals surface area contributed by atoms with Crippen LogP contribution in [0.2, 0.25) is 4.34 Å². The maximum Gasteiger partial charge on any atom is 0.261 e. The van der Waals surface area contributed by atoms with Crippen LogP contribution in [0.15, 0.2) is 36.4 Å². The molecule has 2 saturated heterocycles. The number of Topliss-reactive ketones (excluding diaryl/α,β-unsaturated/α-hetero) is 1. The number of rotatable bonds is 7. The summed E-state index contributed by atoms with van der Waals surface area (Å²) < 4.78 is 5.77. The Morgan fingerprint density at radius 1 is 1.19 bits per heavy atom. The number of carbonyl (C=O) groups excluding carboxylic acids is 3. The van der Waals surface area contributed by atoms with Gasteiger partial charge in [-0.1, -0.05) is 23.7 Å². The Morgan fingerprint density at radius 3 is 2.71 bits per heavy atom. The van der Waals surface area contributed by atoms with Crippen LogP contribution in [0.5, 0.6) is 0 Å². The summed E-state index contributed by atoms with van der Waals surface area (Å²) in [6, 6.07) is 11.4. The van der Waals surface area contributed by atoms with E-state index in [2.05, 4.69) is 5.32 Å². The molecule has 2 amide bonds. The van der Waals surface area contributed by atoms with Crippen LogP contribution in [0.25, 0.3) is 0 Å². The molecule has 8 heteroatoms. The standard InChI is InChI=1S/C23H25ClN2O4S/c24-21-8-7-20(31-21)23(29)25-12-16-11-22(28)26(13-16)18-5-2-15(3-6-18)1-4-17-9-10-30-14-19(17)27/h2-3,5-8,16-17H,1,4,9-14H2,(H,25,29)/t16-,17?/m0/s1. The first-order chi connectivity index (χ1) is 15.0. The number of nitrogens with one attached hydrogen (secondary N) is 1. The molecule has 1 N–H and O–H groups in total. The molecule has 1 unspecified atom stereocenters. The Kier molecular flexibility index (Phi) is 7.05. The highest BCUT2D eigenvalue weighted by molar-refractivity contribution is 7.18. The van der Waals surface area contributed by atoms with E-state index >= 15 is 0 Å². The monoisotopic (exact) mass is 460 g/mol. The van der Waals surface area contributed by atoms with Crippen molar-refractivity contribution in [2.45, 2.75) is 25.7 Å². The molecule has 31 heavy (non-hydrogen) atoms. The number of nitrogens with zero attached hydrogens (tertiary/aromatic N) is 1. The van der Waals surface area contributed by atoms with Gasteiger partial charge in [-0.25, -0.2) is 0 Å². The van der Waals surface area contributed by atoms with E-state index in [1.54, 1.807) is 17.0 Å². The minimum Gasteiger partial charge on any atom is -0.374 e. The van der Waals surface area contributed by atoms with Crippen LogP contribution in [-0.2, 0) is 20.7 Å². The molecule has 2 aliphatic rings. The summed E-state index contributed by atoms with van der Waals surface area (Å²) in [6.45, 7) is 1.94. The summed E-state index contributed by atoms with van der Waals surface area (Å²) in [7, 11) is 0. The number of anilines is 1. The van der Waals surface area contributed by atoms with Crippen molar-refractivity contribution >= 4 is 46.2 Å². The fourth-order valence-corrected chi connectivity index (χ4v) is 5.05. The Morgan fingerprint density at radius 2 is 2.00 bits per heavy atom. The Balaban J connectivity index is 1.27. The molecular weight excluding hydrogens is 436 g/mol. The zero-order valence-corrected chi connectivity index (χ0v) is 18.7. The minimum absolute atomic E-state index is 0.0685. The van der Waals surface area contributed by atoms with Gasteiger partial charge in [-0.3, -0.25) is 14.4 Å². The lowest BCUT2D eigenvalue weighted by Gasteiger charge is -2.21. The van der Waals surface area contributed by atoms with E-state index in [1.165, 1.54) is 11.3 Å². The van der Waals surface area contributed by atoms with Gasteiger partial charge in [0.05, 0.1) is 9.21 Å². The zero-order chi connectivity index (χ0) is 21.8. The third-order valence-electron chi connectivity index (χ3n) is 5.89. The van der Waals surface area contributed by atoms with Crippen molar-refractivity contribution in [1.29, 1.82) is 0 Å². The first kappa shape index (κ1) is 22.0. The van der Waals surface area contributed by atoms with Gasteiger partial charge in [0.1, 0.15) is 6.61 Å². The molecule has 164 valence electrons. The molecular formula is C23H25ClN2O4S. The van der Waals surface area contributed by atoms with Gasteiger partial charge in [-0.05, 0) is 49.1 Å². The Hall–Kier alpha value is -2.22. The van der Waals surface area contributed by atoms with Gasteiger partial charge < -0.3 is 15.0 Å². The van der Waals surface area contributed by atoms with Crippen LogP contribution < -0.4 is 10.2 Å². The molecule has 1 aromatic heterocycles. The minimum atomic E-state index is -0.157. The van der Waals surface area contributed by atoms with Crippen molar-refractivity contribution in [3.05, 3.63) is 51.2 Å². The lowest BCUT2D eigenvalue weighted by molar-refractivity contribution is -0.132. The zero-order valence-electron chi connectivity index (χ0n) is 17.1. The van der Waals surface area contributed by atoms with Crippen LogP contribution in [0, 0.1) is 11.8 Å². The fourth-order valence-electron chi connectivity index (χ4n) is 4.09. The van der Waals surface area contributed by atoms with Crippen molar-refractivity contribution in [2.75, 3.05) is 31.2 Å². The second kappa shape index (κ2) is 9.94. The average molecular weight is 461 g/mol. The number of ketones is 1. The molecule has 4 rings (SSSR count). The summed E-state index contributed by atoms with van der Waals surface area (Å²) in [4.78, 5) is 38.9. The molecule has 1 aromatic carbocycles. The lowest BCUT2D eigenvalue weighted by Crippen LogP contribution is -2.30. The van der Waals surface area contributed by atoms with Crippen LogP contribution in [0.4, 0.5) is 5.69 Å². The molecule has 0 radical (unpaired) electrons. The average Bonchev–Trinajstić information content (AvgIpc) is 3.37. The van der Waals surface area contributed by atoms with Gasteiger partial charge >= 0.3 is 0 Å². The molecule has 0 aliphatic carbocycles. The normalized spacial score (nSPS) is 21.5. The number of hydrogen-bond donors (Lipinski definition) is 1. The maximum absolute atomic E-state index is 12.5. The van der Waals surface area contributed by atoms with E-state index in [4.69, 9.17) is 16.3 Å². The quantitative estimate of drug-likeness (QED) is 0.683. The second-order valence-electron chi connectivity index (χ2n) is 8.10. The molecule has 2 fully saturated rings. The summed E-state index contributed by atoms with van der Waals surface area (Å²) in [6.07, 6.45) is 2.89. The third-order valence-corrected chi connectivity index (χ3v) is 7.12. The molecule has 6 nitrogen and oxygen atoms in total. The SMILES string of the molecule is O=C(NC[C@@H]1CC(=O)N(c2ccc(CCC3CCOCC3=O)cc2)C1)c1ccc(Cl)s1. The molecule has 2 atom stereocenters. The summed E-state index contributed by atoms with van der Waals surface area (Å²) in [5.41, 5.74) is 2.03. The number of ether oxygens (including phenoxy) is 1. The van der Waals surface area contributed by atoms with E-state index in [0.717, 1.165) is 30.5 Å². The van der Waals surface area contributed by atoms with Crippen molar-refractivity contribution < 1.29 is 19.1 Å². The molecule has 2 aromatic rings. The fraction of sp³-hybridized carbons (Fsp3) is 0.435. The smallest absolute Gasteiger partial charge is 0.261 e. The third kappa shape index (κ3) is 5.53. The lowest BCUT2D eigenvalue weighted by atomic mass is 9.92. The van der Waals surface area contributed by atoms with Gasteiger partial charge in [0.25, 0.3) is 5.91 Å². The highest BCUT2D eigenvalue weighted by Gasteiger charge is 2.31. The predicted molar refractivity (Wildman–Crippen MR) is 121 cm³/mol. The number of amides is 2. The van der Waals surface area contributed by atoms with Gasteiger partial charge in [-0.2, -0.15) is 0 Å². The number of hydrogen-bond acceptors (Lipinski definition) is 5. The van der Waals surface area contributed by atoms with Gasteiger partial charge in [-0.15, -0.1) is 11.3 Å².